The molecule has 0 atom stereocenters. The fraction of sp³-hybridized carbons (Fsp3) is 0.440. The van der Waals surface area contributed by atoms with Crippen molar-refractivity contribution in [2.75, 3.05) is 0 Å². The number of benzene rings is 2. The maximum atomic E-state index is 15.5. The van der Waals surface area contributed by atoms with Gasteiger partial charge in [0.1, 0.15) is 0 Å². The lowest BCUT2D eigenvalue weighted by Gasteiger charge is -2.32. The van der Waals surface area contributed by atoms with E-state index in [0.717, 1.165) is 9.13 Å². The highest BCUT2D eigenvalue weighted by Gasteiger charge is 2.76. The molecule has 10 heteroatoms. The Kier molecular flexibility index (Phi) is 6.59. The van der Waals surface area contributed by atoms with Gasteiger partial charge >= 0.3 is 17.8 Å². The Labute approximate surface area is 198 Å². The molecule has 0 unspecified atom stereocenters. The summed E-state index contributed by atoms with van der Waals surface area (Å²) in [7, 11) is 0. The summed E-state index contributed by atoms with van der Waals surface area (Å²) in [5.74, 6) is -19.1. The number of imidazole rings is 2. The van der Waals surface area contributed by atoms with Gasteiger partial charge in [0.05, 0.1) is 22.1 Å². The fourth-order valence-corrected chi connectivity index (χ4v) is 4.19. The quantitative estimate of drug-likeness (QED) is 0.213. The predicted octanol–water partition coefficient (Wildman–Crippen LogP) is 7.51. The number of hydrogen-bond donors (Lipinski definition) is 0. The summed E-state index contributed by atoms with van der Waals surface area (Å²) in [6, 6.07) is 11.8. The van der Waals surface area contributed by atoms with Crippen molar-refractivity contribution in [1.29, 1.82) is 0 Å². The van der Waals surface area contributed by atoms with Crippen molar-refractivity contribution in [3.63, 3.8) is 0 Å². The molecule has 4 aromatic rings. The van der Waals surface area contributed by atoms with Gasteiger partial charge < -0.3 is 9.13 Å². The predicted molar refractivity (Wildman–Crippen MR) is 122 cm³/mol. The number of halogens is 6. The van der Waals surface area contributed by atoms with Crippen molar-refractivity contribution >= 4 is 22.1 Å². The van der Waals surface area contributed by atoms with Crippen molar-refractivity contribution < 1.29 is 26.3 Å². The molecule has 0 saturated heterocycles. The van der Waals surface area contributed by atoms with Crippen molar-refractivity contribution in [2.45, 2.75) is 70.4 Å². The minimum atomic E-state index is -5.81. The normalized spacial score (nSPS) is 13.3. The van der Waals surface area contributed by atoms with E-state index in [0.29, 0.717) is 25.7 Å². The van der Waals surface area contributed by atoms with Crippen LogP contribution in [0, 0.1) is 0 Å². The van der Waals surface area contributed by atoms with Crippen molar-refractivity contribution in [1.82, 2.24) is 19.1 Å². The molecule has 0 amide bonds. The SMILES string of the molecule is CCCCn1c(C(F)(F)C(F)(F)C(F)(F)c2nc3ccccc3n2CCCC)nc2ccccc21. The molecule has 4 nitrogen and oxygen atoms in total. The molecule has 0 saturated carbocycles. The van der Waals surface area contributed by atoms with Crippen LogP contribution < -0.4 is 0 Å². The first-order valence-electron chi connectivity index (χ1n) is 11.6. The van der Waals surface area contributed by atoms with Gasteiger partial charge in [0, 0.05) is 13.1 Å². The zero-order valence-corrected chi connectivity index (χ0v) is 19.4. The van der Waals surface area contributed by atoms with E-state index in [4.69, 9.17) is 0 Å². The van der Waals surface area contributed by atoms with Crippen LogP contribution in [0.2, 0.25) is 0 Å². The summed E-state index contributed by atoms with van der Waals surface area (Å²) >= 11 is 0. The largest absolute Gasteiger partial charge is 0.387 e. The van der Waals surface area contributed by atoms with Crippen LogP contribution in [-0.2, 0) is 24.9 Å². The van der Waals surface area contributed by atoms with E-state index < -0.39 is 29.4 Å². The van der Waals surface area contributed by atoms with Crippen molar-refractivity contribution in [3.05, 3.63) is 60.2 Å². The molecule has 188 valence electrons. The molecule has 4 rings (SSSR count). The van der Waals surface area contributed by atoms with Gasteiger partial charge in [-0.2, -0.15) is 26.3 Å². The van der Waals surface area contributed by atoms with Crippen molar-refractivity contribution in [3.8, 4) is 0 Å². The summed E-state index contributed by atoms with van der Waals surface area (Å²) in [5, 5.41) is 0. The highest BCUT2D eigenvalue weighted by atomic mass is 19.3. The first-order chi connectivity index (χ1) is 16.6. The molecule has 0 spiro atoms. The molecule has 35 heavy (non-hydrogen) atoms. The molecular weight excluding hydrogens is 470 g/mol. The van der Waals surface area contributed by atoms with Gasteiger partial charge in [-0.1, -0.05) is 51.0 Å². The third-order valence-corrected chi connectivity index (χ3v) is 6.13. The third kappa shape index (κ3) is 3.96. The Morgan fingerprint density at radius 1 is 0.629 bits per heavy atom. The van der Waals surface area contributed by atoms with Crippen LogP contribution in [-0.4, -0.2) is 25.0 Å². The lowest BCUT2D eigenvalue weighted by Crippen LogP contribution is -2.52. The Balaban J connectivity index is 1.87. The molecule has 0 aliphatic carbocycles. The van der Waals surface area contributed by atoms with Crippen LogP contribution in [0.5, 0.6) is 0 Å². The molecule has 2 heterocycles. The molecule has 0 N–H and O–H groups in total. The summed E-state index contributed by atoms with van der Waals surface area (Å²) in [6.07, 6.45) is 1.95. The van der Waals surface area contributed by atoms with Crippen LogP contribution >= 0.6 is 0 Å². The maximum absolute atomic E-state index is 15.5. The average Bonchev–Trinajstić information content (AvgIpc) is 3.40. The summed E-state index contributed by atoms with van der Waals surface area (Å²) in [4.78, 5) is 7.40. The standard InChI is InChI=1S/C25H26F6N4/c1-3-5-15-34-19-13-9-7-11-17(19)32-21(34)23(26,27)25(30,31)24(28,29)22-33-18-12-8-10-14-20(18)35(22)16-6-4-2/h7-14H,3-6,15-16H2,1-2H3. The molecule has 0 fully saturated rings. The van der Waals surface area contributed by atoms with E-state index in [2.05, 4.69) is 9.97 Å². The van der Waals surface area contributed by atoms with Crippen molar-refractivity contribution in [2.24, 2.45) is 0 Å². The first kappa shape index (κ1) is 25.1. The molecule has 0 aliphatic rings. The number of aromatic nitrogens is 4. The van der Waals surface area contributed by atoms with E-state index >= 15 is 26.3 Å². The number of rotatable bonds is 10. The Morgan fingerprint density at radius 3 is 1.37 bits per heavy atom. The third-order valence-electron chi connectivity index (χ3n) is 6.13. The first-order valence-corrected chi connectivity index (χ1v) is 11.6. The zero-order valence-electron chi connectivity index (χ0n) is 19.4. The number of hydrogen-bond acceptors (Lipinski definition) is 2. The van der Waals surface area contributed by atoms with Gasteiger partial charge in [0.2, 0.25) is 0 Å². The monoisotopic (exact) mass is 496 g/mol. The summed E-state index contributed by atoms with van der Waals surface area (Å²) < 4.78 is 94.8. The number of aryl methyl sites for hydroxylation is 2. The number of para-hydroxylation sites is 4. The van der Waals surface area contributed by atoms with Gasteiger partial charge in [-0.3, -0.25) is 0 Å². The maximum Gasteiger partial charge on any atom is 0.387 e. The minimum Gasteiger partial charge on any atom is -0.323 e. The molecule has 2 aromatic carbocycles. The van der Waals surface area contributed by atoms with Crippen LogP contribution in [0.4, 0.5) is 26.3 Å². The van der Waals surface area contributed by atoms with E-state index in [-0.39, 0.29) is 35.2 Å². The summed E-state index contributed by atoms with van der Waals surface area (Å²) in [5.41, 5.74) is 0.440. The molecule has 0 radical (unpaired) electrons. The lowest BCUT2D eigenvalue weighted by molar-refractivity contribution is -0.326. The van der Waals surface area contributed by atoms with E-state index in [1.165, 1.54) is 36.4 Å². The van der Waals surface area contributed by atoms with E-state index in [1.54, 1.807) is 26.0 Å². The summed E-state index contributed by atoms with van der Waals surface area (Å²) in [6.45, 7) is 3.50. The molecule has 2 aromatic heterocycles. The molecule has 0 bridgehead atoms. The smallest absolute Gasteiger partial charge is 0.323 e. The average molecular weight is 496 g/mol. The Bertz CT molecular complexity index is 1220. The van der Waals surface area contributed by atoms with Gasteiger partial charge in [-0.05, 0) is 37.1 Å². The topological polar surface area (TPSA) is 35.6 Å². The minimum absolute atomic E-state index is 0.0348. The second kappa shape index (κ2) is 9.20. The highest BCUT2D eigenvalue weighted by molar-refractivity contribution is 5.77. The van der Waals surface area contributed by atoms with E-state index in [1.807, 2.05) is 0 Å². The molecular formula is C25H26F6N4. The van der Waals surface area contributed by atoms with Gasteiger partial charge in [-0.15, -0.1) is 0 Å². The Morgan fingerprint density at radius 2 is 1.00 bits per heavy atom. The number of fused-ring (bicyclic) bond motifs is 2. The van der Waals surface area contributed by atoms with Crippen LogP contribution in [0.25, 0.3) is 22.1 Å². The second-order valence-corrected chi connectivity index (χ2v) is 8.58. The van der Waals surface area contributed by atoms with E-state index in [9.17, 15) is 0 Å². The number of nitrogens with zero attached hydrogens (tertiary/aromatic N) is 4. The zero-order chi connectivity index (χ0) is 25.4. The van der Waals surface area contributed by atoms with Crippen LogP contribution in [0.15, 0.2) is 48.5 Å². The van der Waals surface area contributed by atoms with Gasteiger partial charge in [0.15, 0.2) is 11.6 Å². The Hall–Kier alpha value is -3.04. The number of unbranched alkanes of at least 4 members (excludes halogenated alkanes) is 2. The van der Waals surface area contributed by atoms with Crippen LogP contribution in [0.1, 0.15) is 51.2 Å². The van der Waals surface area contributed by atoms with Crippen LogP contribution in [0.3, 0.4) is 0 Å². The molecule has 0 aliphatic heterocycles. The number of alkyl halides is 6. The van der Waals surface area contributed by atoms with Gasteiger partial charge in [0.25, 0.3) is 0 Å². The fourth-order valence-electron chi connectivity index (χ4n) is 4.19. The highest BCUT2D eigenvalue weighted by Crippen LogP contribution is 2.55. The van der Waals surface area contributed by atoms with Gasteiger partial charge in [-0.25, -0.2) is 9.97 Å². The second-order valence-electron chi connectivity index (χ2n) is 8.58. The lowest BCUT2D eigenvalue weighted by atomic mass is 10.0.